The molecule has 19 heavy (non-hydrogen) atoms. The van der Waals surface area contributed by atoms with Gasteiger partial charge in [0.1, 0.15) is 13.2 Å². The third kappa shape index (κ3) is 5.03. The number of ether oxygens (including phenoxy) is 1. The fourth-order valence-corrected chi connectivity index (χ4v) is 1.75. The van der Waals surface area contributed by atoms with Crippen LogP contribution in [0.15, 0.2) is 18.2 Å². The first-order valence-corrected chi connectivity index (χ1v) is 6.16. The largest absolute Gasteiger partial charge is 0.411 e. The zero-order chi connectivity index (χ0) is 14.5. The Hall–Kier alpha value is -1.36. The summed E-state index contributed by atoms with van der Waals surface area (Å²) in [6.07, 6.45) is -2.98. The molecule has 0 heterocycles. The van der Waals surface area contributed by atoms with Gasteiger partial charge in [0.2, 0.25) is 0 Å². The zero-order valence-corrected chi connectivity index (χ0v) is 11.0. The summed E-state index contributed by atoms with van der Waals surface area (Å²) in [4.78, 5) is 11.9. The lowest BCUT2D eigenvalue weighted by molar-refractivity contribution is -0.170. The normalized spacial score (nSPS) is 11.6. The van der Waals surface area contributed by atoms with Crippen LogP contribution >= 0.6 is 0 Å². The number of Topliss-reactive ketones (excluding diaryl/α,β-unsaturated/α-hetero) is 1. The van der Waals surface area contributed by atoms with Gasteiger partial charge >= 0.3 is 6.18 Å². The fraction of sp³-hybridized carbons (Fsp3) is 0.500. The molecule has 0 saturated carbocycles. The van der Waals surface area contributed by atoms with Gasteiger partial charge in [-0.15, -0.1) is 0 Å². The standard InChI is InChI=1S/C14H17F3O2/c1-3-10-5-6-11(4-2)12(7-10)13(18)8-19-9-14(15,16)17/h5-7H,3-4,8-9H2,1-2H3. The Morgan fingerprint density at radius 2 is 1.89 bits per heavy atom. The predicted octanol–water partition coefficient (Wildman–Crippen LogP) is 3.57. The van der Waals surface area contributed by atoms with Crippen molar-refractivity contribution < 1.29 is 22.7 Å². The summed E-state index contributed by atoms with van der Waals surface area (Å²) in [7, 11) is 0. The van der Waals surface area contributed by atoms with E-state index in [4.69, 9.17) is 0 Å². The molecular weight excluding hydrogens is 257 g/mol. The molecule has 0 spiro atoms. The van der Waals surface area contributed by atoms with Crippen LogP contribution in [0.3, 0.4) is 0 Å². The summed E-state index contributed by atoms with van der Waals surface area (Å²) >= 11 is 0. The minimum absolute atomic E-state index is 0.406. The summed E-state index contributed by atoms with van der Waals surface area (Å²) in [6.45, 7) is 1.91. The maximum atomic E-state index is 11.9. The molecule has 0 aliphatic carbocycles. The van der Waals surface area contributed by atoms with Crippen LogP contribution in [0, 0.1) is 0 Å². The van der Waals surface area contributed by atoms with Crippen molar-refractivity contribution in [2.75, 3.05) is 13.2 Å². The lowest BCUT2D eigenvalue weighted by atomic mass is 9.98. The number of rotatable bonds is 6. The molecule has 0 fully saturated rings. The third-order valence-corrected chi connectivity index (χ3v) is 2.76. The zero-order valence-electron chi connectivity index (χ0n) is 11.0. The van der Waals surface area contributed by atoms with Crippen LogP contribution in [0.4, 0.5) is 13.2 Å². The number of benzene rings is 1. The van der Waals surface area contributed by atoms with Gasteiger partial charge < -0.3 is 4.74 Å². The van der Waals surface area contributed by atoms with E-state index in [2.05, 4.69) is 4.74 Å². The Bertz CT molecular complexity index is 439. The second kappa shape index (κ2) is 6.70. The number of aryl methyl sites for hydroxylation is 2. The van der Waals surface area contributed by atoms with E-state index in [1.165, 1.54) is 0 Å². The highest BCUT2D eigenvalue weighted by atomic mass is 19.4. The van der Waals surface area contributed by atoms with Crippen LogP contribution in [0.1, 0.15) is 35.3 Å². The highest BCUT2D eigenvalue weighted by molar-refractivity contribution is 5.98. The average Bonchev–Trinajstić information content (AvgIpc) is 2.36. The molecule has 0 saturated heterocycles. The molecule has 0 amide bonds. The molecular formula is C14H17F3O2. The first kappa shape index (κ1) is 15.7. The Morgan fingerprint density at radius 3 is 2.42 bits per heavy atom. The quantitative estimate of drug-likeness (QED) is 0.741. The van der Waals surface area contributed by atoms with E-state index in [0.29, 0.717) is 12.0 Å². The Labute approximate surface area is 110 Å². The maximum absolute atomic E-state index is 11.9. The van der Waals surface area contributed by atoms with Crippen molar-refractivity contribution in [3.8, 4) is 0 Å². The van der Waals surface area contributed by atoms with Crippen molar-refractivity contribution in [1.82, 2.24) is 0 Å². The number of ketones is 1. The van der Waals surface area contributed by atoms with Gasteiger partial charge in [-0.05, 0) is 30.0 Å². The number of carbonyl (C=O) groups excluding carboxylic acids is 1. The van der Waals surface area contributed by atoms with Gasteiger partial charge in [0.15, 0.2) is 5.78 Å². The number of alkyl halides is 3. The molecule has 0 unspecified atom stereocenters. The summed E-state index contributed by atoms with van der Waals surface area (Å²) in [6, 6.07) is 5.50. The molecule has 0 aliphatic rings. The van der Waals surface area contributed by atoms with Gasteiger partial charge in [-0.2, -0.15) is 13.2 Å². The maximum Gasteiger partial charge on any atom is 0.411 e. The van der Waals surface area contributed by atoms with E-state index in [1.807, 2.05) is 26.0 Å². The van der Waals surface area contributed by atoms with Gasteiger partial charge in [-0.1, -0.05) is 26.0 Å². The highest BCUT2D eigenvalue weighted by Crippen LogP contribution is 2.17. The lowest BCUT2D eigenvalue weighted by Gasteiger charge is -2.10. The average molecular weight is 274 g/mol. The Kier molecular flexibility index (Phi) is 5.54. The Balaban J connectivity index is 2.75. The van der Waals surface area contributed by atoms with Gasteiger partial charge in [0, 0.05) is 5.56 Å². The van der Waals surface area contributed by atoms with Gasteiger partial charge in [-0.3, -0.25) is 4.79 Å². The molecule has 0 atom stereocenters. The van der Waals surface area contributed by atoms with E-state index in [1.54, 1.807) is 6.07 Å². The smallest absolute Gasteiger partial charge is 0.364 e. The number of carbonyl (C=O) groups is 1. The molecule has 5 heteroatoms. The first-order valence-electron chi connectivity index (χ1n) is 6.16. The highest BCUT2D eigenvalue weighted by Gasteiger charge is 2.28. The van der Waals surface area contributed by atoms with Crippen molar-refractivity contribution >= 4 is 5.78 Å². The summed E-state index contributed by atoms with van der Waals surface area (Å²) in [5.74, 6) is -0.406. The van der Waals surface area contributed by atoms with Gasteiger partial charge in [-0.25, -0.2) is 0 Å². The minimum atomic E-state index is -4.40. The van der Waals surface area contributed by atoms with E-state index in [0.717, 1.165) is 17.5 Å². The van der Waals surface area contributed by atoms with Crippen LogP contribution in [0.2, 0.25) is 0 Å². The fourth-order valence-electron chi connectivity index (χ4n) is 1.75. The minimum Gasteiger partial charge on any atom is -0.364 e. The first-order chi connectivity index (χ1) is 8.87. The van der Waals surface area contributed by atoms with Crippen molar-refractivity contribution in [3.63, 3.8) is 0 Å². The van der Waals surface area contributed by atoms with Gasteiger partial charge in [0.25, 0.3) is 0 Å². The van der Waals surface area contributed by atoms with Crippen LogP contribution in [0.25, 0.3) is 0 Å². The Morgan fingerprint density at radius 1 is 1.21 bits per heavy atom. The van der Waals surface area contributed by atoms with Crippen molar-refractivity contribution in [1.29, 1.82) is 0 Å². The van der Waals surface area contributed by atoms with Crippen LogP contribution in [-0.4, -0.2) is 25.2 Å². The summed E-state index contributed by atoms with van der Waals surface area (Å²) in [5.41, 5.74) is 2.28. The monoisotopic (exact) mass is 274 g/mol. The van der Waals surface area contributed by atoms with E-state index >= 15 is 0 Å². The van der Waals surface area contributed by atoms with E-state index < -0.39 is 25.2 Å². The molecule has 106 valence electrons. The van der Waals surface area contributed by atoms with Crippen LogP contribution in [0.5, 0.6) is 0 Å². The molecule has 0 radical (unpaired) electrons. The molecule has 1 aromatic rings. The second-order valence-corrected chi connectivity index (χ2v) is 4.23. The molecule has 0 N–H and O–H groups in total. The third-order valence-electron chi connectivity index (χ3n) is 2.76. The SMILES string of the molecule is CCc1ccc(CC)c(C(=O)COCC(F)(F)F)c1. The van der Waals surface area contributed by atoms with E-state index in [-0.39, 0.29) is 0 Å². The number of hydrogen-bond donors (Lipinski definition) is 0. The molecule has 0 aromatic heterocycles. The molecule has 0 bridgehead atoms. The van der Waals surface area contributed by atoms with Crippen molar-refractivity contribution in [2.45, 2.75) is 32.9 Å². The number of halogens is 3. The van der Waals surface area contributed by atoms with Gasteiger partial charge in [0.05, 0.1) is 0 Å². The summed E-state index contributed by atoms with van der Waals surface area (Å²) < 4.78 is 40.2. The topological polar surface area (TPSA) is 26.3 Å². The van der Waals surface area contributed by atoms with E-state index in [9.17, 15) is 18.0 Å². The molecule has 1 aromatic carbocycles. The molecule has 2 nitrogen and oxygen atoms in total. The predicted molar refractivity (Wildman–Crippen MR) is 66.4 cm³/mol. The van der Waals surface area contributed by atoms with Crippen molar-refractivity contribution in [3.05, 3.63) is 34.9 Å². The van der Waals surface area contributed by atoms with Crippen molar-refractivity contribution in [2.24, 2.45) is 0 Å². The summed E-state index contributed by atoms with van der Waals surface area (Å²) in [5, 5.41) is 0. The second-order valence-electron chi connectivity index (χ2n) is 4.23. The number of hydrogen-bond acceptors (Lipinski definition) is 2. The van der Waals surface area contributed by atoms with Crippen LogP contribution < -0.4 is 0 Å². The molecule has 0 aliphatic heterocycles. The van der Waals surface area contributed by atoms with Crippen LogP contribution in [-0.2, 0) is 17.6 Å². The molecule has 1 rings (SSSR count). The lowest BCUT2D eigenvalue weighted by Crippen LogP contribution is -2.21.